The van der Waals surface area contributed by atoms with Crippen LogP contribution in [0.3, 0.4) is 0 Å². The van der Waals surface area contributed by atoms with Gasteiger partial charge in [0.05, 0.1) is 0 Å². The lowest BCUT2D eigenvalue weighted by Gasteiger charge is -2.27. The zero-order chi connectivity index (χ0) is 12.1. The summed E-state index contributed by atoms with van der Waals surface area (Å²) in [6.45, 7) is 9.97. The molecule has 0 aliphatic rings. The fourth-order valence-corrected chi connectivity index (χ4v) is 2.18. The molecule has 0 fully saturated rings. The number of nitrogens with zero attached hydrogens (tertiary/aromatic N) is 3. The van der Waals surface area contributed by atoms with E-state index in [0.29, 0.717) is 17.9 Å². The lowest BCUT2D eigenvalue weighted by molar-refractivity contribution is 0.285. The van der Waals surface area contributed by atoms with E-state index in [4.69, 9.17) is 0 Å². The smallest absolute Gasteiger partial charge is 0.138 e. The third-order valence-electron chi connectivity index (χ3n) is 3.25. The van der Waals surface area contributed by atoms with Crippen LogP contribution in [0.1, 0.15) is 33.5 Å². The zero-order valence-electron chi connectivity index (χ0n) is 11.1. The molecule has 1 aromatic rings. The van der Waals surface area contributed by atoms with Gasteiger partial charge < -0.3 is 5.32 Å². The maximum Gasteiger partial charge on any atom is 0.138 e. The van der Waals surface area contributed by atoms with E-state index < -0.39 is 0 Å². The number of aryl methyl sites for hydroxylation is 1. The van der Waals surface area contributed by atoms with Crippen molar-refractivity contribution in [1.29, 1.82) is 0 Å². The maximum atomic E-state index is 4.30. The van der Waals surface area contributed by atoms with E-state index in [-0.39, 0.29) is 0 Å². The van der Waals surface area contributed by atoms with Crippen molar-refractivity contribution in [3.63, 3.8) is 0 Å². The average molecular weight is 224 g/mol. The summed E-state index contributed by atoms with van der Waals surface area (Å²) in [6, 6.07) is 0.515. The molecule has 0 amide bonds. The minimum absolute atomic E-state index is 0.515. The quantitative estimate of drug-likeness (QED) is 0.798. The molecular formula is C12H24N4. The summed E-state index contributed by atoms with van der Waals surface area (Å²) >= 11 is 0. The molecule has 0 aliphatic heterocycles. The van der Waals surface area contributed by atoms with Gasteiger partial charge in [0.15, 0.2) is 0 Å². The summed E-state index contributed by atoms with van der Waals surface area (Å²) in [4.78, 5) is 4.30. The fraction of sp³-hybridized carbons (Fsp3) is 0.833. The average Bonchev–Trinajstić information content (AvgIpc) is 2.60. The lowest BCUT2D eigenvalue weighted by Crippen LogP contribution is -2.37. The highest BCUT2D eigenvalue weighted by molar-refractivity contribution is 4.90. The van der Waals surface area contributed by atoms with E-state index in [1.54, 1.807) is 6.33 Å². The summed E-state index contributed by atoms with van der Waals surface area (Å²) in [5.41, 5.74) is 0. The second-order valence-electron chi connectivity index (χ2n) is 4.76. The van der Waals surface area contributed by atoms with Gasteiger partial charge in [-0.05, 0) is 25.3 Å². The SMILES string of the molecule is CCNC(C)C(Cc1ncnn1C)C(C)C. The minimum atomic E-state index is 0.515. The van der Waals surface area contributed by atoms with Crippen LogP contribution in [0.15, 0.2) is 6.33 Å². The summed E-state index contributed by atoms with van der Waals surface area (Å²) in [5, 5.41) is 7.62. The first-order valence-electron chi connectivity index (χ1n) is 6.12. The summed E-state index contributed by atoms with van der Waals surface area (Å²) < 4.78 is 1.87. The molecule has 4 nitrogen and oxygen atoms in total. The Morgan fingerprint density at radius 2 is 2.06 bits per heavy atom. The first kappa shape index (κ1) is 13.2. The molecule has 2 unspecified atom stereocenters. The van der Waals surface area contributed by atoms with Crippen molar-refractivity contribution in [3.8, 4) is 0 Å². The van der Waals surface area contributed by atoms with Gasteiger partial charge in [-0.2, -0.15) is 5.10 Å². The van der Waals surface area contributed by atoms with Crippen molar-refractivity contribution < 1.29 is 0 Å². The third kappa shape index (κ3) is 3.30. The highest BCUT2D eigenvalue weighted by Crippen LogP contribution is 2.19. The zero-order valence-corrected chi connectivity index (χ0v) is 11.1. The molecule has 0 radical (unpaired) electrons. The standard InChI is InChI=1S/C12H24N4/c1-6-13-10(4)11(9(2)3)7-12-14-8-15-16(12)5/h8-11,13H,6-7H2,1-5H3. The van der Waals surface area contributed by atoms with Crippen LogP contribution in [0.4, 0.5) is 0 Å². The molecule has 0 aromatic carbocycles. The molecular weight excluding hydrogens is 200 g/mol. The van der Waals surface area contributed by atoms with Crippen LogP contribution in [0, 0.1) is 11.8 Å². The Morgan fingerprint density at radius 1 is 1.38 bits per heavy atom. The van der Waals surface area contributed by atoms with Crippen molar-refractivity contribution in [2.75, 3.05) is 6.54 Å². The highest BCUT2D eigenvalue weighted by atomic mass is 15.3. The van der Waals surface area contributed by atoms with Crippen molar-refractivity contribution >= 4 is 0 Å². The van der Waals surface area contributed by atoms with E-state index in [0.717, 1.165) is 18.8 Å². The largest absolute Gasteiger partial charge is 0.314 e. The van der Waals surface area contributed by atoms with Crippen LogP contribution in [0.25, 0.3) is 0 Å². The van der Waals surface area contributed by atoms with Crippen molar-refractivity contribution in [3.05, 3.63) is 12.2 Å². The van der Waals surface area contributed by atoms with E-state index in [1.807, 2.05) is 11.7 Å². The van der Waals surface area contributed by atoms with Gasteiger partial charge in [-0.25, -0.2) is 4.98 Å². The van der Waals surface area contributed by atoms with Crippen molar-refractivity contribution in [2.45, 2.75) is 40.2 Å². The number of hydrogen-bond acceptors (Lipinski definition) is 3. The van der Waals surface area contributed by atoms with Gasteiger partial charge in [0, 0.05) is 19.5 Å². The third-order valence-corrected chi connectivity index (χ3v) is 3.25. The van der Waals surface area contributed by atoms with Crippen molar-refractivity contribution in [1.82, 2.24) is 20.1 Å². The number of rotatable bonds is 6. The Bertz CT molecular complexity index is 306. The normalized spacial score (nSPS) is 15.4. The molecule has 0 saturated heterocycles. The molecule has 1 heterocycles. The summed E-state index contributed by atoms with van der Waals surface area (Å²) in [6.07, 6.45) is 2.62. The van der Waals surface area contributed by atoms with Crippen LogP contribution in [0.2, 0.25) is 0 Å². The minimum Gasteiger partial charge on any atom is -0.314 e. The Labute approximate surface area is 98.5 Å². The summed E-state index contributed by atoms with van der Waals surface area (Å²) in [7, 11) is 1.96. The van der Waals surface area contributed by atoms with E-state index in [2.05, 4.69) is 43.1 Å². The van der Waals surface area contributed by atoms with Gasteiger partial charge in [-0.15, -0.1) is 0 Å². The Hall–Kier alpha value is -0.900. The van der Waals surface area contributed by atoms with Gasteiger partial charge in [-0.3, -0.25) is 4.68 Å². The van der Waals surface area contributed by atoms with Gasteiger partial charge in [-0.1, -0.05) is 20.8 Å². The second kappa shape index (κ2) is 5.99. The van der Waals surface area contributed by atoms with Crippen LogP contribution >= 0.6 is 0 Å². The Kier molecular flexibility index (Phi) is 4.93. The summed E-state index contributed by atoms with van der Waals surface area (Å²) in [5.74, 6) is 2.32. The predicted octanol–water partition coefficient (Wildman–Crippen LogP) is 1.63. The topological polar surface area (TPSA) is 42.7 Å². The first-order valence-corrected chi connectivity index (χ1v) is 6.12. The molecule has 16 heavy (non-hydrogen) atoms. The molecule has 1 rings (SSSR count). The van der Waals surface area contributed by atoms with E-state index in [9.17, 15) is 0 Å². The van der Waals surface area contributed by atoms with E-state index >= 15 is 0 Å². The predicted molar refractivity (Wildman–Crippen MR) is 66.2 cm³/mol. The molecule has 0 bridgehead atoms. The molecule has 4 heteroatoms. The van der Waals surface area contributed by atoms with Crippen LogP contribution in [0.5, 0.6) is 0 Å². The molecule has 0 aliphatic carbocycles. The van der Waals surface area contributed by atoms with Crippen LogP contribution in [-0.4, -0.2) is 27.4 Å². The van der Waals surface area contributed by atoms with Gasteiger partial charge in [0.2, 0.25) is 0 Å². The van der Waals surface area contributed by atoms with Crippen molar-refractivity contribution in [2.24, 2.45) is 18.9 Å². The second-order valence-corrected chi connectivity index (χ2v) is 4.76. The lowest BCUT2D eigenvalue weighted by atomic mass is 9.86. The molecule has 2 atom stereocenters. The number of hydrogen-bond donors (Lipinski definition) is 1. The van der Waals surface area contributed by atoms with Crippen LogP contribution < -0.4 is 5.32 Å². The number of nitrogens with one attached hydrogen (secondary N) is 1. The number of aromatic nitrogens is 3. The Balaban J connectivity index is 2.68. The molecule has 1 N–H and O–H groups in total. The highest BCUT2D eigenvalue weighted by Gasteiger charge is 2.22. The van der Waals surface area contributed by atoms with Gasteiger partial charge in [0.1, 0.15) is 12.2 Å². The van der Waals surface area contributed by atoms with Gasteiger partial charge in [0.25, 0.3) is 0 Å². The molecule has 0 spiro atoms. The monoisotopic (exact) mass is 224 g/mol. The van der Waals surface area contributed by atoms with Gasteiger partial charge >= 0.3 is 0 Å². The molecule has 0 saturated carbocycles. The molecule has 92 valence electrons. The Morgan fingerprint density at radius 3 is 2.50 bits per heavy atom. The molecule has 1 aromatic heterocycles. The first-order chi connectivity index (χ1) is 7.56. The van der Waals surface area contributed by atoms with Crippen LogP contribution in [-0.2, 0) is 13.5 Å². The maximum absolute atomic E-state index is 4.30. The van der Waals surface area contributed by atoms with E-state index in [1.165, 1.54) is 0 Å². The fourth-order valence-electron chi connectivity index (χ4n) is 2.18.